The maximum atomic E-state index is 6.09. The first-order chi connectivity index (χ1) is 6.79. The minimum Gasteiger partial charge on any atom is -0.368 e. The highest BCUT2D eigenvalue weighted by Crippen LogP contribution is 2.33. The average molecular weight is 219 g/mol. The van der Waals surface area contributed by atoms with Gasteiger partial charge in [-0.25, -0.2) is 0 Å². The van der Waals surface area contributed by atoms with Crippen molar-refractivity contribution in [3.8, 4) is 0 Å². The zero-order chi connectivity index (χ0) is 10.4. The van der Waals surface area contributed by atoms with Gasteiger partial charge >= 0.3 is 0 Å². The van der Waals surface area contributed by atoms with E-state index in [2.05, 4.69) is 13.8 Å². The van der Waals surface area contributed by atoms with E-state index in [4.69, 9.17) is 16.3 Å². The Hall–Kier alpha value is 0.250. The van der Waals surface area contributed by atoms with Gasteiger partial charge in [0.25, 0.3) is 0 Å². The molecule has 0 saturated carbocycles. The summed E-state index contributed by atoms with van der Waals surface area (Å²) in [5, 5.41) is 0.246. The minimum absolute atomic E-state index is 0.246. The lowest BCUT2D eigenvalue weighted by atomic mass is 10.1. The second-order valence-corrected chi connectivity index (χ2v) is 4.83. The van der Waals surface area contributed by atoms with Crippen molar-refractivity contribution in [2.75, 3.05) is 0 Å². The van der Waals surface area contributed by atoms with Gasteiger partial charge in [0, 0.05) is 0 Å². The van der Waals surface area contributed by atoms with E-state index in [0.717, 1.165) is 6.42 Å². The summed E-state index contributed by atoms with van der Waals surface area (Å²) in [7, 11) is 0. The molecule has 3 unspecified atom stereocenters. The number of hydrogen-bond donors (Lipinski definition) is 0. The van der Waals surface area contributed by atoms with Crippen molar-refractivity contribution in [3.05, 3.63) is 0 Å². The standard InChI is InChI=1S/C12H23ClO/c1-3-5-6-7-8-9-11-12(14-11)10(13)4-2/h10-12H,3-9H2,1-2H3. The summed E-state index contributed by atoms with van der Waals surface area (Å²) < 4.78 is 5.54. The predicted molar refractivity (Wildman–Crippen MR) is 62.0 cm³/mol. The van der Waals surface area contributed by atoms with Crippen molar-refractivity contribution < 1.29 is 4.74 Å². The van der Waals surface area contributed by atoms with Crippen LogP contribution >= 0.6 is 11.6 Å². The number of ether oxygens (including phenoxy) is 1. The van der Waals surface area contributed by atoms with Crippen LogP contribution in [0.5, 0.6) is 0 Å². The third-order valence-corrected chi connectivity index (χ3v) is 3.52. The lowest BCUT2D eigenvalue weighted by molar-refractivity contribution is 0.352. The molecule has 1 saturated heterocycles. The summed E-state index contributed by atoms with van der Waals surface area (Å²) in [6, 6.07) is 0. The number of hydrogen-bond acceptors (Lipinski definition) is 1. The molecule has 1 fully saturated rings. The van der Waals surface area contributed by atoms with Crippen LogP contribution in [0.2, 0.25) is 0 Å². The number of unbranched alkanes of at least 4 members (excludes halogenated alkanes) is 4. The molecule has 0 spiro atoms. The van der Waals surface area contributed by atoms with Gasteiger partial charge < -0.3 is 4.74 Å². The first-order valence-corrected chi connectivity index (χ1v) is 6.52. The monoisotopic (exact) mass is 218 g/mol. The van der Waals surface area contributed by atoms with Crippen molar-refractivity contribution in [2.45, 2.75) is 76.4 Å². The molecular weight excluding hydrogens is 196 g/mol. The molecule has 84 valence electrons. The van der Waals surface area contributed by atoms with Crippen LogP contribution in [-0.2, 0) is 4.74 Å². The molecule has 1 nitrogen and oxygen atoms in total. The van der Waals surface area contributed by atoms with E-state index < -0.39 is 0 Å². The Morgan fingerprint density at radius 2 is 1.86 bits per heavy atom. The maximum absolute atomic E-state index is 6.09. The van der Waals surface area contributed by atoms with Crippen LogP contribution in [0.3, 0.4) is 0 Å². The van der Waals surface area contributed by atoms with Crippen molar-refractivity contribution >= 4 is 11.6 Å². The number of halogens is 1. The van der Waals surface area contributed by atoms with Gasteiger partial charge in [-0.3, -0.25) is 0 Å². The van der Waals surface area contributed by atoms with Crippen LogP contribution in [-0.4, -0.2) is 17.6 Å². The van der Waals surface area contributed by atoms with Crippen molar-refractivity contribution in [2.24, 2.45) is 0 Å². The summed E-state index contributed by atoms with van der Waals surface area (Å²) in [6.07, 6.45) is 9.85. The van der Waals surface area contributed by atoms with Crippen LogP contribution in [0.25, 0.3) is 0 Å². The minimum atomic E-state index is 0.246. The second-order valence-electron chi connectivity index (χ2n) is 4.27. The normalized spacial score (nSPS) is 27.6. The number of epoxide rings is 1. The van der Waals surface area contributed by atoms with Gasteiger partial charge in [0.15, 0.2) is 0 Å². The SMILES string of the molecule is CCCCCCCC1OC1C(Cl)CC. The number of alkyl halides is 1. The summed E-state index contributed by atoms with van der Waals surface area (Å²) in [5.74, 6) is 0. The van der Waals surface area contributed by atoms with Gasteiger partial charge in [-0.15, -0.1) is 11.6 Å². The van der Waals surface area contributed by atoms with Crippen LogP contribution < -0.4 is 0 Å². The maximum Gasteiger partial charge on any atom is 0.100 e. The fourth-order valence-electron chi connectivity index (χ4n) is 1.89. The molecule has 0 aliphatic carbocycles. The fourth-order valence-corrected chi connectivity index (χ4v) is 2.11. The number of rotatable bonds is 8. The van der Waals surface area contributed by atoms with Crippen molar-refractivity contribution in [1.29, 1.82) is 0 Å². The summed E-state index contributed by atoms with van der Waals surface area (Å²) >= 11 is 6.09. The van der Waals surface area contributed by atoms with E-state index in [0.29, 0.717) is 12.2 Å². The fraction of sp³-hybridized carbons (Fsp3) is 1.00. The van der Waals surface area contributed by atoms with Crippen molar-refractivity contribution in [1.82, 2.24) is 0 Å². The van der Waals surface area contributed by atoms with Crippen LogP contribution in [0.15, 0.2) is 0 Å². The Kier molecular flexibility index (Phi) is 5.88. The molecule has 3 atom stereocenters. The smallest absolute Gasteiger partial charge is 0.100 e. The van der Waals surface area contributed by atoms with E-state index in [1.807, 2.05) is 0 Å². The third kappa shape index (κ3) is 4.18. The molecule has 0 radical (unpaired) electrons. The predicted octanol–water partition coefficient (Wildman–Crippen LogP) is 4.13. The van der Waals surface area contributed by atoms with E-state index in [1.165, 1.54) is 38.5 Å². The molecule has 14 heavy (non-hydrogen) atoms. The molecule has 1 rings (SSSR count). The van der Waals surface area contributed by atoms with Crippen LogP contribution in [0, 0.1) is 0 Å². The summed E-state index contributed by atoms with van der Waals surface area (Å²) in [5.41, 5.74) is 0. The van der Waals surface area contributed by atoms with Crippen molar-refractivity contribution in [3.63, 3.8) is 0 Å². The Labute approximate surface area is 93.2 Å². The van der Waals surface area contributed by atoms with E-state index in [9.17, 15) is 0 Å². The molecule has 1 heterocycles. The van der Waals surface area contributed by atoms with Gasteiger partial charge in [0.05, 0.1) is 11.5 Å². The Morgan fingerprint density at radius 3 is 2.50 bits per heavy atom. The lowest BCUT2D eigenvalue weighted by Gasteiger charge is -2.00. The summed E-state index contributed by atoms with van der Waals surface area (Å²) in [4.78, 5) is 0. The van der Waals surface area contributed by atoms with E-state index >= 15 is 0 Å². The molecule has 0 aromatic rings. The molecule has 1 aliphatic heterocycles. The zero-order valence-electron chi connectivity index (χ0n) is 9.47. The zero-order valence-corrected chi connectivity index (χ0v) is 10.2. The van der Waals surface area contributed by atoms with Gasteiger partial charge in [-0.05, 0) is 12.8 Å². The largest absolute Gasteiger partial charge is 0.368 e. The van der Waals surface area contributed by atoms with E-state index in [1.54, 1.807) is 0 Å². The second kappa shape index (κ2) is 6.68. The average Bonchev–Trinajstić information content (AvgIpc) is 2.96. The first kappa shape index (κ1) is 12.3. The highest BCUT2D eigenvalue weighted by molar-refractivity contribution is 6.21. The third-order valence-electron chi connectivity index (χ3n) is 2.96. The summed E-state index contributed by atoms with van der Waals surface area (Å²) in [6.45, 7) is 4.37. The van der Waals surface area contributed by atoms with Crippen LogP contribution in [0.1, 0.15) is 58.8 Å². The molecule has 0 N–H and O–H groups in total. The molecule has 1 aliphatic rings. The quantitative estimate of drug-likeness (QED) is 0.339. The highest BCUT2D eigenvalue weighted by atomic mass is 35.5. The van der Waals surface area contributed by atoms with Gasteiger partial charge in [-0.1, -0.05) is 46.0 Å². The molecule has 0 aromatic carbocycles. The molecule has 0 aromatic heterocycles. The van der Waals surface area contributed by atoms with Gasteiger partial charge in [0.1, 0.15) is 6.10 Å². The van der Waals surface area contributed by atoms with Gasteiger partial charge in [0.2, 0.25) is 0 Å². The first-order valence-electron chi connectivity index (χ1n) is 6.09. The molecule has 0 bridgehead atoms. The topological polar surface area (TPSA) is 12.5 Å². The molecule has 2 heteroatoms. The van der Waals surface area contributed by atoms with E-state index in [-0.39, 0.29) is 5.38 Å². The molecule has 0 amide bonds. The Bertz CT molecular complexity index is 149. The molecular formula is C12H23ClO. The highest BCUT2D eigenvalue weighted by Gasteiger charge is 2.42. The Balaban J connectivity index is 1.90. The lowest BCUT2D eigenvalue weighted by Crippen LogP contribution is -2.08. The van der Waals surface area contributed by atoms with Gasteiger partial charge in [-0.2, -0.15) is 0 Å². The van der Waals surface area contributed by atoms with Crippen LogP contribution in [0.4, 0.5) is 0 Å². The Morgan fingerprint density at radius 1 is 1.14 bits per heavy atom.